The fourth-order valence-electron chi connectivity index (χ4n) is 1.65. The second kappa shape index (κ2) is 3.23. The maximum Gasteiger partial charge on any atom is 0.134 e. The summed E-state index contributed by atoms with van der Waals surface area (Å²) in [4.78, 5) is 0. The number of hydrogen-bond donors (Lipinski definition) is 1. The quantitative estimate of drug-likeness (QED) is 0.761. The van der Waals surface area contributed by atoms with E-state index < -0.39 is 0 Å². The molecule has 13 heavy (non-hydrogen) atoms. The highest BCUT2D eigenvalue weighted by atomic mass is 16.3. The maximum absolute atomic E-state index is 8.85. The molecule has 1 aromatic carbocycles. The van der Waals surface area contributed by atoms with E-state index in [2.05, 4.69) is 13.0 Å². The first-order chi connectivity index (χ1) is 6.33. The number of benzene rings is 1. The summed E-state index contributed by atoms with van der Waals surface area (Å²) in [6.45, 7) is 2.22. The van der Waals surface area contributed by atoms with Crippen molar-refractivity contribution < 1.29 is 9.52 Å². The molecule has 0 unspecified atom stereocenters. The van der Waals surface area contributed by atoms with Gasteiger partial charge in [-0.05, 0) is 25.0 Å². The Hall–Kier alpha value is -1.28. The number of aliphatic hydroxyl groups is 1. The lowest BCUT2D eigenvalue weighted by molar-refractivity contribution is 0.299. The van der Waals surface area contributed by atoms with E-state index in [1.54, 1.807) is 6.26 Å². The van der Waals surface area contributed by atoms with Crippen molar-refractivity contribution in [2.24, 2.45) is 0 Å². The van der Waals surface area contributed by atoms with Crippen LogP contribution in [-0.4, -0.2) is 11.7 Å². The molecule has 2 rings (SSSR count). The smallest absolute Gasteiger partial charge is 0.134 e. The first-order valence-electron chi connectivity index (χ1n) is 4.39. The molecule has 1 N–H and O–H groups in total. The largest absolute Gasteiger partial charge is 0.464 e. The molecule has 1 heterocycles. The molecule has 0 aliphatic heterocycles. The van der Waals surface area contributed by atoms with Gasteiger partial charge in [0.05, 0.1) is 6.26 Å². The van der Waals surface area contributed by atoms with Crippen molar-refractivity contribution in [1.29, 1.82) is 0 Å². The van der Waals surface area contributed by atoms with E-state index in [1.165, 1.54) is 5.56 Å². The minimum absolute atomic E-state index is 0.170. The van der Waals surface area contributed by atoms with Crippen LogP contribution >= 0.6 is 0 Å². The van der Waals surface area contributed by atoms with Crippen LogP contribution in [0.15, 0.2) is 28.9 Å². The first-order valence-corrected chi connectivity index (χ1v) is 4.39. The molecule has 0 aliphatic carbocycles. The molecule has 0 bridgehead atoms. The summed E-state index contributed by atoms with van der Waals surface area (Å²) in [6, 6.07) is 5.98. The first kappa shape index (κ1) is 8.32. The van der Waals surface area contributed by atoms with Gasteiger partial charge in [-0.3, -0.25) is 0 Å². The van der Waals surface area contributed by atoms with E-state index in [-0.39, 0.29) is 6.61 Å². The second-order valence-corrected chi connectivity index (χ2v) is 3.18. The van der Waals surface area contributed by atoms with Gasteiger partial charge in [-0.15, -0.1) is 0 Å². The number of furan rings is 1. The number of aliphatic hydroxyl groups excluding tert-OH is 1. The molecule has 0 radical (unpaired) electrons. The predicted octanol–water partition coefficient (Wildman–Crippen LogP) is 2.28. The lowest BCUT2D eigenvalue weighted by Gasteiger charge is -1.97. The van der Waals surface area contributed by atoms with Crippen LogP contribution in [0.1, 0.15) is 11.1 Å². The minimum atomic E-state index is 0.170. The third kappa shape index (κ3) is 1.33. The summed E-state index contributed by atoms with van der Waals surface area (Å²) < 4.78 is 5.37. The van der Waals surface area contributed by atoms with Gasteiger partial charge in [-0.25, -0.2) is 0 Å². The summed E-state index contributed by atoms with van der Waals surface area (Å²) in [7, 11) is 0. The summed E-state index contributed by atoms with van der Waals surface area (Å²) in [5.74, 6) is 0. The molecule has 2 nitrogen and oxygen atoms in total. The summed E-state index contributed by atoms with van der Waals surface area (Å²) in [6.07, 6.45) is 2.39. The van der Waals surface area contributed by atoms with Crippen LogP contribution in [0.3, 0.4) is 0 Å². The van der Waals surface area contributed by atoms with E-state index in [4.69, 9.17) is 9.52 Å². The van der Waals surface area contributed by atoms with Crippen LogP contribution in [0.5, 0.6) is 0 Å². The van der Waals surface area contributed by atoms with Crippen molar-refractivity contribution in [2.75, 3.05) is 6.61 Å². The number of hydrogen-bond acceptors (Lipinski definition) is 2. The van der Waals surface area contributed by atoms with Gasteiger partial charge in [0.15, 0.2) is 0 Å². The highest BCUT2D eigenvalue weighted by Crippen LogP contribution is 2.24. The normalized spacial score (nSPS) is 10.9. The molecule has 0 saturated carbocycles. The minimum Gasteiger partial charge on any atom is -0.464 e. The van der Waals surface area contributed by atoms with Gasteiger partial charge in [-0.1, -0.05) is 12.1 Å². The molecule has 1 aromatic heterocycles. The fourth-order valence-corrected chi connectivity index (χ4v) is 1.65. The Morgan fingerprint density at radius 2 is 2.23 bits per heavy atom. The lowest BCUT2D eigenvalue weighted by Crippen LogP contribution is -1.89. The zero-order chi connectivity index (χ0) is 9.26. The average Bonchev–Trinajstić information content (AvgIpc) is 2.51. The van der Waals surface area contributed by atoms with E-state index in [1.807, 2.05) is 12.1 Å². The Morgan fingerprint density at radius 1 is 1.38 bits per heavy atom. The van der Waals surface area contributed by atoms with Crippen molar-refractivity contribution in [3.05, 3.63) is 35.6 Å². The van der Waals surface area contributed by atoms with E-state index in [0.29, 0.717) is 6.42 Å². The molecule has 0 amide bonds. The van der Waals surface area contributed by atoms with Gasteiger partial charge in [0.25, 0.3) is 0 Å². The van der Waals surface area contributed by atoms with Crippen molar-refractivity contribution in [3.63, 3.8) is 0 Å². The standard InChI is InChI=1S/C11H12O2/c1-8-3-2-4-10-11(8)9(5-6-12)7-13-10/h2-4,7,12H,5-6H2,1H3. The number of rotatable bonds is 2. The molecule has 0 saturated heterocycles. The zero-order valence-electron chi connectivity index (χ0n) is 7.58. The van der Waals surface area contributed by atoms with Crippen LogP contribution < -0.4 is 0 Å². The van der Waals surface area contributed by atoms with Gasteiger partial charge in [0.2, 0.25) is 0 Å². The van der Waals surface area contributed by atoms with Gasteiger partial charge in [0.1, 0.15) is 5.58 Å². The van der Waals surface area contributed by atoms with E-state index in [0.717, 1.165) is 16.5 Å². The molecular weight excluding hydrogens is 164 g/mol. The topological polar surface area (TPSA) is 33.4 Å². The van der Waals surface area contributed by atoms with Crippen molar-refractivity contribution in [2.45, 2.75) is 13.3 Å². The molecule has 0 fully saturated rings. The highest BCUT2D eigenvalue weighted by molar-refractivity contribution is 5.84. The third-order valence-corrected chi connectivity index (χ3v) is 2.26. The Bertz CT molecular complexity index is 415. The van der Waals surface area contributed by atoms with Crippen LogP contribution in [0.4, 0.5) is 0 Å². The summed E-state index contributed by atoms with van der Waals surface area (Å²) in [5, 5.41) is 10.00. The van der Waals surface area contributed by atoms with Crippen LogP contribution in [0, 0.1) is 6.92 Å². The molecule has 0 spiro atoms. The van der Waals surface area contributed by atoms with Gasteiger partial charge in [0, 0.05) is 17.6 Å². The SMILES string of the molecule is Cc1cccc2occ(CCO)c12. The van der Waals surface area contributed by atoms with Crippen LogP contribution in [0.2, 0.25) is 0 Å². The number of aryl methyl sites for hydroxylation is 1. The Kier molecular flexibility index (Phi) is 2.07. The average molecular weight is 176 g/mol. The van der Waals surface area contributed by atoms with Gasteiger partial charge < -0.3 is 9.52 Å². The Morgan fingerprint density at radius 3 is 3.00 bits per heavy atom. The molecule has 0 atom stereocenters. The van der Waals surface area contributed by atoms with Crippen molar-refractivity contribution >= 4 is 11.0 Å². The monoisotopic (exact) mass is 176 g/mol. The summed E-state index contributed by atoms with van der Waals surface area (Å²) in [5.41, 5.74) is 3.20. The highest BCUT2D eigenvalue weighted by Gasteiger charge is 2.06. The zero-order valence-corrected chi connectivity index (χ0v) is 7.58. The fraction of sp³-hybridized carbons (Fsp3) is 0.273. The predicted molar refractivity (Wildman–Crippen MR) is 51.7 cm³/mol. The molecule has 2 aromatic rings. The molecular formula is C11H12O2. The lowest BCUT2D eigenvalue weighted by atomic mass is 10.1. The second-order valence-electron chi connectivity index (χ2n) is 3.18. The van der Waals surface area contributed by atoms with Gasteiger partial charge >= 0.3 is 0 Å². The third-order valence-electron chi connectivity index (χ3n) is 2.26. The van der Waals surface area contributed by atoms with Crippen molar-refractivity contribution in [1.82, 2.24) is 0 Å². The molecule has 2 heteroatoms. The van der Waals surface area contributed by atoms with E-state index in [9.17, 15) is 0 Å². The summed E-state index contributed by atoms with van der Waals surface area (Å²) >= 11 is 0. The van der Waals surface area contributed by atoms with Crippen LogP contribution in [0.25, 0.3) is 11.0 Å². The van der Waals surface area contributed by atoms with Crippen LogP contribution in [-0.2, 0) is 6.42 Å². The molecule has 0 aliphatic rings. The maximum atomic E-state index is 8.85. The molecule has 68 valence electrons. The van der Waals surface area contributed by atoms with Crippen molar-refractivity contribution in [3.8, 4) is 0 Å². The number of fused-ring (bicyclic) bond motifs is 1. The Balaban J connectivity index is 2.64. The Labute approximate surface area is 76.8 Å². The van der Waals surface area contributed by atoms with E-state index >= 15 is 0 Å². The van der Waals surface area contributed by atoms with Gasteiger partial charge in [-0.2, -0.15) is 0 Å².